The van der Waals surface area contributed by atoms with E-state index in [1.54, 1.807) is 24.3 Å². The molecule has 0 bridgehead atoms. The van der Waals surface area contributed by atoms with Crippen LogP contribution in [0.2, 0.25) is 0 Å². The van der Waals surface area contributed by atoms with Gasteiger partial charge in [-0.05, 0) is 25.1 Å². The second kappa shape index (κ2) is 6.83. The fourth-order valence-electron chi connectivity index (χ4n) is 2.68. The number of hydrogen-bond acceptors (Lipinski definition) is 5. The van der Waals surface area contributed by atoms with Gasteiger partial charge in [-0.2, -0.15) is 5.10 Å². The molecular weight excluding hydrogens is 356 g/mol. The maximum absolute atomic E-state index is 12.7. The molecule has 0 atom stereocenters. The largest absolute Gasteiger partial charge is 0.497 e. The summed E-state index contributed by atoms with van der Waals surface area (Å²) < 4.78 is 36.0. The van der Waals surface area contributed by atoms with Gasteiger partial charge in [0.05, 0.1) is 12.8 Å². The monoisotopic (exact) mass is 376 g/mol. The van der Waals surface area contributed by atoms with Crippen LogP contribution in [0.4, 0.5) is 5.69 Å². The molecule has 138 valence electrons. The zero-order valence-corrected chi connectivity index (χ0v) is 15.6. The minimum Gasteiger partial charge on any atom is -0.497 e. The van der Waals surface area contributed by atoms with Crippen LogP contribution in [0.25, 0.3) is 5.52 Å². The van der Waals surface area contributed by atoms with Crippen LogP contribution < -0.4 is 15.0 Å². The average Bonchev–Trinajstić information content (AvgIpc) is 3.09. The van der Waals surface area contributed by atoms with Crippen molar-refractivity contribution in [1.82, 2.24) is 14.2 Å². The zero-order chi connectivity index (χ0) is 18.9. The van der Waals surface area contributed by atoms with Crippen molar-refractivity contribution in [3.63, 3.8) is 0 Å². The Balaban J connectivity index is 2.09. The number of methoxy groups -OCH3 is 1. The van der Waals surface area contributed by atoms with Crippen LogP contribution in [0.1, 0.15) is 19.7 Å². The summed E-state index contributed by atoms with van der Waals surface area (Å²) in [6.07, 6.45) is 1.99. The van der Waals surface area contributed by atoms with Crippen LogP contribution in [0.15, 0.2) is 46.2 Å². The molecule has 9 heteroatoms. The number of aryl methyl sites for hydroxylation is 2. The Hall–Kier alpha value is -2.81. The highest BCUT2D eigenvalue weighted by atomic mass is 32.2. The van der Waals surface area contributed by atoms with Gasteiger partial charge < -0.3 is 4.74 Å². The highest BCUT2D eigenvalue weighted by Crippen LogP contribution is 2.22. The highest BCUT2D eigenvalue weighted by Gasteiger charge is 2.20. The molecule has 26 heavy (non-hydrogen) atoms. The Kier molecular flexibility index (Phi) is 4.73. The van der Waals surface area contributed by atoms with Crippen molar-refractivity contribution in [3.05, 3.63) is 52.7 Å². The van der Waals surface area contributed by atoms with Gasteiger partial charge in [0.25, 0.3) is 15.6 Å². The van der Waals surface area contributed by atoms with E-state index in [2.05, 4.69) is 9.82 Å². The molecule has 0 radical (unpaired) electrons. The smallest absolute Gasteiger partial charge is 0.291 e. The molecule has 0 aliphatic heterocycles. The molecule has 0 saturated heterocycles. The number of sulfonamides is 1. The number of benzene rings is 1. The maximum atomic E-state index is 12.7. The second-order valence-corrected chi connectivity index (χ2v) is 7.34. The Morgan fingerprint density at radius 3 is 2.65 bits per heavy atom. The summed E-state index contributed by atoms with van der Waals surface area (Å²) in [5.41, 5.74) is 0.330. The molecule has 3 aromatic rings. The molecule has 0 saturated carbocycles. The van der Waals surface area contributed by atoms with Crippen molar-refractivity contribution >= 4 is 21.2 Å². The summed E-state index contributed by atoms with van der Waals surface area (Å²) in [6.45, 7) is 4.13. The van der Waals surface area contributed by atoms with Crippen molar-refractivity contribution in [2.45, 2.75) is 31.7 Å². The highest BCUT2D eigenvalue weighted by molar-refractivity contribution is 7.92. The normalized spacial score (nSPS) is 11.7. The average molecular weight is 376 g/mol. The molecule has 2 aromatic heterocycles. The molecule has 0 spiro atoms. The number of fused-ring (bicyclic) bond motifs is 1. The van der Waals surface area contributed by atoms with E-state index in [0.29, 0.717) is 30.2 Å². The molecule has 2 heterocycles. The molecule has 0 unspecified atom stereocenters. The molecule has 3 rings (SSSR count). The van der Waals surface area contributed by atoms with Gasteiger partial charge in [0.2, 0.25) is 0 Å². The molecule has 8 nitrogen and oxygen atoms in total. The third kappa shape index (κ3) is 3.17. The third-order valence-corrected chi connectivity index (χ3v) is 5.36. The van der Waals surface area contributed by atoms with Crippen molar-refractivity contribution in [2.75, 3.05) is 11.8 Å². The van der Waals surface area contributed by atoms with Gasteiger partial charge in [-0.15, -0.1) is 0 Å². The van der Waals surface area contributed by atoms with E-state index in [1.807, 2.05) is 13.8 Å². The van der Waals surface area contributed by atoms with Crippen molar-refractivity contribution in [3.8, 4) is 5.75 Å². The first-order valence-corrected chi connectivity index (χ1v) is 9.67. The van der Waals surface area contributed by atoms with E-state index in [1.165, 1.54) is 28.5 Å². The van der Waals surface area contributed by atoms with Gasteiger partial charge in [-0.25, -0.2) is 13.1 Å². The Labute approximate surface area is 151 Å². The van der Waals surface area contributed by atoms with E-state index >= 15 is 0 Å². The van der Waals surface area contributed by atoms with E-state index in [-0.39, 0.29) is 16.0 Å². The van der Waals surface area contributed by atoms with E-state index < -0.39 is 10.0 Å². The summed E-state index contributed by atoms with van der Waals surface area (Å²) in [5.74, 6) is 1.15. The summed E-state index contributed by atoms with van der Waals surface area (Å²) in [5, 5.41) is 4.27. The Morgan fingerprint density at radius 2 is 2.00 bits per heavy atom. The predicted octanol–water partition coefficient (Wildman–Crippen LogP) is 1.89. The molecular formula is C17H20N4O4S. The molecule has 1 N–H and O–H groups in total. The third-order valence-electron chi connectivity index (χ3n) is 4.01. The number of anilines is 1. The summed E-state index contributed by atoms with van der Waals surface area (Å²) in [4.78, 5) is 12.5. The van der Waals surface area contributed by atoms with E-state index in [0.717, 1.165) is 0 Å². The van der Waals surface area contributed by atoms with Crippen LogP contribution in [-0.4, -0.2) is 29.7 Å². The van der Waals surface area contributed by atoms with Gasteiger partial charge in [0.15, 0.2) is 0 Å². The fraction of sp³-hybridized carbons (Fsp3) is 0.294. The number of ether oxygens (including phenoxy) is 1. The standard InChI is InChI=1S/C17H20N4O4S/c1-4-16-18-21(5-2)17(22)15-10-14(11-20(15)16)26(23,24)19-12-7-6-8-13(9-12)25-3/h6-11,19H,4-5H2,1-3H3. The lowest BCUT2D eigenvalue weighted by atomic mass is 10.3. The molecule has 1 aromatic carbocycles. The first-order valence-electron chi connectivity index (χ1n) is 8.18. The van der Waals surface area contributed by atoms with Gasteiger partial charge in [-0.3, -0.25) is 13.9 Å². The van der Waals surface area contributed by atoms with Gasteiger partial charge in [-0.1, -0.05) is 13.0 Å². The minimum atomic E-state index is -3.86. The minimum absolute atomic E-state index is 0.00257. The molecule has 0 amide bonds. The van der Waals surface area contributed by atoms with Crippen LogP contribution in [0.3, 0.4) is 0 Å². The van der Waals surface area contributed by atoms with Gasteiger partial charge in [0, 0.05) is 25.2 Å². The molecule has 0 fully saturated rings. The molecule has 0 aliphatic rings. The number of nitrogens with one attached hydrogen (secondary N) is 1. The maximum Gasteiger partial charge on any atom is 0.291 e. The van der Waals surface area contributed by atoms with E-state index in [9.17, 15) is 13.2 Å². The van der Waals surface area contributed by atoms with Crippen LogP contribution in [0, 0.1) is 0 Å². The van der Waals surface area contributed by atoms with Crippen molar-refractivity contribution in [2.24, 2.45) is 0 Å². The Morgan fingerprint density at radius 1 is 1.23 bits per heavy atom. The summed E-state index contributed by atoms with van der Waals surface area (Å²) >= 11 is 0. The fourth-order valence-corrected chi connectivity index (χ4v) is 3.75. The van der Waals surface area contributed by atoms with Crippen LogP contribution in [-0.2, 0) is 23.0 Å². The van der Waals surface area contributed by atoms with Gasteiger partial charge >= 0.3 is 0 Å². The number of nitrogens with zero attached hydrogens (tertiary/aromatic N) is 3. The SMILES string of the molecule is CCc1nn(CC)c(=O)c2cc(S(=O)(=O)Nc3cccc(OC)c3)cn12. The summed E-state index contributed by atoms with van der Waals surface area (Å²) in [7, 11) is -2.36. The first-order chi connectivity index (χ1) is 12.4. The van der Waals surface area contributed by atoms with E-state index in [4.69, 9.17) is 4.74 Å². The molecule has 0 aliphatic carbocycles. The lowest BCUT2D eigenvalue weighted by Crippen LogP contribution is -2.26. The van der Waals surface area contributed by atoms with Crippen molar-refractivity contribution < 1.29 is 13.2 Å². The summed E-state index contributed by atoms with van der Waals surface area (Å²) in [6, 6.07) is 7.98. The lowest BCUT2D eigenvalue weighted by molar-refractivity contribution is 0.415. The second-order valence-electron chi connectivity index (χ2n) is 5.66. The predicted molar refractivity (Wildman–Crippen MR) is 98.3 cm³/mol. The topological polar surface area (TPSA) is 94.7 Å². The zero-order valence-electron chi connectivity index (χ0n) is 14.8. The first kappa shape index (κ1) is 18.0. The Bertz CT molecular complexity index is 1120. The van der Waals surface area contributed by atoms with Crippen molar-refractivity contribution in [1.29, 1.82) is 0 Å². The van der Waals surface area contributed by atoms with Gasteiger partial charge in [0.1, 0.15) is 22.0 Å². The lowest BCUT2D eigenvalue weighted by Gasteiger charge is -2.08. The van der Waals surface area contributed by atoms with Crippen LogP contribution >= 0.6 is 0 Å². The van der Waals surface area contributed by atoms with Crippen LogP contribution in [0.5, 0.6) is 5.75 Å². The number of hydrogen-bond donors (Lipinski definition) is 1. The number of aromatic nitrogens is 3. The quantitative estimate of drug-likeness (QED) is 0.709. The number of rotatable bonds is 6.